The Bertz CT molecular complexity index is 827. The molecule has 0 bridgehead atoms. The Balaban J connectivity index is 2.32. The van der Waals surface area contributed by atoms with Gasteiger partial charge in [-0.3, -0.25) is 4.79 Å². The number of nitrogens with one attached hydrogen (secondary N) is 1. The molecule has 1 N–H and O–H groups in total. The quantitative estimate of drug-likeness (QED) is 0.851. The van der Waals surface area contributed by atoms with Crippen LogP contribution >= 0.6 is 15.9 Å². The molecule has 0 fully saturated rings. The van der Waals surface area contributed by atoms with E-state index in [1.165, 1.54) is 26.0 Å². The smallest absolute Gasteiger partial charge is 0.245 e. The lowest BCUT2D eigenvalue weighted by Crippen LogP contribution is -2.44. The van der Waals surface area contributed by atoms with Crippen molar-refractivity contribution in [3.63, 3.8) is 0 Å². The van der Waals surface area contributed by atoms with Crippen LogP contribution in [0.1, 0.15) is 19.4 Å². The molecule has 0 heterocycles. The Morgan fingerprint density at radius 1 is 1.09 bits per heavy atom. The van der Waals surface area contributed by atoms with Crippen LogP contribution in [0.2, 0.25) is 0 Å². The summed E-state index contributed by atoms with van der Waals surface area (Å²) in [6, 6.07) is 13.5. The van der Waals surface area contributed by atoms with Gasteiger partial charge in [0.05, 0.1) is 4.90 Å². The topological polar surface area (TPSA) is 63.2 Å². The predicted octanol–water partition coefficient (Wildman–Crippen LogP) is 3.95. The average Bonchev–Trinajstić information content (AvgIpc) is 2.47. The van der Waals surface area contributed by atoms with Crippen molar-refractivity contribution in [2.45, 2.75) is 30.4 Å². The number of aryl methyl sites for hydroxylation is 1. The Kier molecular flexibility index (Phi) is 4.96. The van der Waals surface area contributed by atoms with Crippen LogP contribution in [0.25, 0.3) is 0 Å². The normalized spacial score (nSPS) is 12.0. The zero-order valence-electron chi connectivity index (χ0n) is 13.1. The van der Waals surface area contributed by atoms with Crippen LogP contribution in [-0.4, -0.2) is 19.1 Å². The van der Waals surface area contributed by atoms with Gasteiger partial charge in [-0.25, -0.2) is 8.42 Å². The largest absolute Gasteiger partial charge is 0.325 e. The summed E-state index contributed by atoms with van der Waals surface area (Å²) in [7, 11) is -3.82. The van der Waals surface area contributed by atoms with E-state index in [9.17, 15) is 13.2 Å². The molecule has 0 aliphatic rings. The summed E-state index contributed by atoms with van der Waals surface area (Å²) < 4.78 is 24.8. The lowest BCUT2D eigenvalue weighted by Gasteiger charge is -2.24. The lowest BCUT2D eigenvalue weighted by molar-refractivity contribution is -0.117. The number of hydrogen-bond acceptors (Lipinski definition) is 3. The van der Waals surface area contributed by atoms with E-state index in [1.807, 2.05) is 13.0 Å². The Morgan fingerprint density at radius 3 is 2.26 bits per heavy atom. The van der Waals surface area contributed by atoms with Gasteiger partial charge in [-0.05, 0) is 62.7 Å². The maximum Gasteiger partial charge on any atom is 0.245 e. The van der Waals surface area contributed by atoms with Gasteiger partial charge in [0, 0.05) is 10.2 Å². The van der Waals surface area contributed by atoms with Crippen LogP contribution in [0.5, 0.6) is 0 Å². The van der Waals surface area contributed by atoms with Crippen LogP contribution < -0.4 is 5.32 Å². The third-order valence-corrected chi connectivity index (χ3v) is 6.57. The molecule has 4 nitrogen and oxygen atoms in total. The van der Waals surface area contributed by atoms with Gasteiger partial charge in [0.25, 0.3) is 0 Å². The summed E-state index contributed by atoms with van der Waals surface area (Å²) in [5.74, 6) is -0.564. The molecule has 0 spiro atoms. The third kappa shape index (κ3) is 3.64. The first-order valence-electron chi connectivity index (χ1n) is 7.03. The molecule has 23 heavy (non-hydrogen) atoms. The van der Waals surface area contributed by atoms with Crippen molar-refractivity contribution in [2.75, 3.05) is 5.32 Å². The molecule has 0 radical (unpaired) electrons. The molecule has 122 valence electrons. The van der Waals surface area contributed by atoms with Crippen molar-refractivity contribution < 1.29 is 13.2 Å². The Labute approximate surface area is 145 Å². The molecule has 2 rings (SSSR count). The number of carbonyl (C=O) groups excluding carboxylic acids is 1. The van der Waals surface area contributed by atoms with E-state index in [-0.39, 0.29) is 4.90 Å². The van der Waals surface area contributed by atoms with Crippen molar-refractivity contribution in [3.05, 3.63) is 58.6 Å². The van der Waals surface area contributed by atoms with E-state index in [2.05, 4.69) is 21.2 Å². The van der Waals surface area contributed by atoms with Crippen molar-refractivity contribution >= 4 is 37.4 Å². The van der Waals surface area contributed by atoms with Gasteiger partial charge in [0.15, 0.2) is 9.84 Å². The lowest BCUT2D eigenvalue weighted by atomic mass is 10.1. The fourth-order valence-electron chi connectivity index (χ4n) is 2.03. The maximum absolute atomic E-state index is 12.8. The van der Waals surface area contributed by atoms with Crippen LogP contribution in [-0.2, 0) is 14.6 Å². The monoisotopic (exact) mass is 395 g/mol. The van der Waals surface area contributed by atoms with Gasteiger partial charge in [-0.1, -0.05) is 28.1 Å². The van der Waals surface area contributed by atoms with E-state index < -0.39 is 20.5 Å². The highest BCUT2D eigenvalue weighted by Crippen LogP contribution is 2.28. The number of amides is 1. The van der Waals surface area contributed by atoms with Crippen molar-refractivity contribution in [1.82, 2.24) is 0 Å². The van der Waals surface area contributed by atoms with E-state index in [4.69, 9.17) is 0 Å². The van der Waals surface area contributed by atoms with Crippen LogP contribution in [0.3, 0.4) is 0 Å². The number of hydrogen-bond donors (Lipinski definition) is 1. The van der Waals surface area contributed by atoms with E-state index in [0.29, 0.717) is 5.69 Å². The second kappa shape index (κ2) is 6.45. The van der Waals surface area contributed by atoms with Crippen molar-refractivity contribution in [3.8, 4) is 0 Å². The number of halogens is 1. The molecule has 6 heteroatoms. The molecule has 2 aromatic carbocycles. The van der Waals surface area contributed by atoms with Gasteiger partial charge >= 0.3 is 0 Å². The van der Waals surface area contributed by atoms with Gasteiger partial charge in [0.2, 0.25) is 5.91 Å². The van der Waals surface area contributed by atoms with E-state index >= 15 is 0 Å². The summed E-state index contributed by atoms with van der Waals surface area (Å²) in [5.41, 5.74) is 1.56. The summed E-state index contributed by atoms with van der Waals surface area (Å²) in [6.07, 6.45) is 0. The summed E-state index contributed by atoms with van der Waals surface area (Å²) in [6.45, 7) is 4.73. The number of benzene rings is 2. The molecule has 0 unspecified atom stereocenters. The second-order valence-electron chi connectivity index (χ2n) is 5.79. The Hall–Kier alpha value is -1.66. The Morgan fingerprint density at radius 2 is 1.70 bits per heavy atom. The van der Waals surface area contributed by atoms with Crippen LogP contribution in [0.4, 0.5) is 5.69 Å². The summed E-state index contributed by atoms with van der Waals surface area (Å²) in [4.78, 5) is 12.6. The van der Waals surface area contributed by atoms with Gasteiger partial charge in [0.1, 0.15) is 4.75 Å². The van der Waals surface area contributed by atoms with Gasteiger partial charge in [-0.15, -0.1) is 0 Å². The number of sulfone groups is 1. The SMILES string of the molecule is Cc1cccc(NC(=O)C(C)(C)S(=O)(=O)c2ccc(Br)cc2)c1. The van der Waals surface area contributed by atoms with Crippen LogP contribution in [0.15, 0.2) is 57.9 Å². The molecule has 0 aliphatic carbocycles. The zero-order valence-corrected chi connectivity index (χ0v) is 15.5. The fourth-order valence-corrected chi connectivity index (χ4v) is 3.68. The van der Waals surface area contributed by atoms with Gasteiger partial charge in [-0.2, -0.15) is 0 Å². The summed E-state index contributed by atoms with van der Waals surface area (Å²) in [5, 5.41) is 2.68. The van der Waals surface area contributed by atoms with E-state index in [1.54, 1.807) is 30.3 Å². The predicted molar refractivity (Wildman–Crippen MR) is 95.2 cm³/mol. The van der Waals surface area contributed by atoms with E-state index in [0.717, 1.165) is 10.0 Å². The molecule has 1 amide bonds. The molecule has 0 saturated carbocycles. The maximum atomic E-state index is 12.8. The highest BCUT2D eigenvalue weighted by molar-refractivity contribution is 9.10. The number of carbonyl (C=O) groups is 1. The number of rotatable bonds is 4. The van der Waals surface area contributed by atoms with Crippen molar-refractivity contribution in [1.29, 1.82) is 0 Å². The van der Waals surface area contributed by atoms with Crippen LogP contribution in [0, 0.1) is 6.92 Å². The molecule has 0 aromatic heterocycles. The minimum Gasteiger partial charge on any atom is -0.325 e. The first kappa shape index (κ1) is 17.7. The summed E-state index contributed by atoms with van der Waals surface area (Å²) >= 11 is 3.27. The minimum absolute atomic E-state index is 0.116. The van der Waals surface area contributed by atoms with Crippen molar-refractivity contribution in [2.24, 2.45) is 0 Å². The van der Waals surface area contributed by atoms with Gasteiger partial charge < -0.3 is 5.32 Å². The fraction of sp³-hybridized carbons (Fsp3) is 0.235. The standard InChI is InChI=1S/C17H18BrNO3S/c1-12-5-4-6-14(11-12)19-16(20)17(2,3)23(21,22)15-9-7-13(18)8-10-15/h4-11H,1-3H3,(H,19,20). The zero-order chi connectivity index (χ0) is 17.3. The second-order valence-corrected chi connectivity index (χ2v) is 9.21. The minimum atomic E-state index is -3.82. The third-order valence-electron chi connectivity index (χ3n) is 3.62. The molecular formula is C17H18BrNO3S. The molecule has 2 aromatic rings. The number of anilines is 1. The molecule has 0 atom stereocenters. The molecule has 0 saturated heterocycles. The highest BCUT2D eigenvalue weighted by atomic mass is 79.9. The highest BCUT2D eigenvalue weighted by Gasteiger charge is 2.42. The average molecular weight is 396 g/mol. The molecular weight excluding hydrogens is 378 g/mol. The molecule has 0 aliphatic heterocycles. The first-order valence-corrected chi connectivity index (χ1v) is 9.30. The first-order chi connectivity index (χ1) is 10.6.